The van der Waals surface area contributed by atoms with Crippen molar-refractivity contribution in [1.82, 2.24) is 0 Å². The van der Waals surface area contributed by atoms with Crippen LogP contribution in [0, 0.1) is 0 Å². The first-order valence-electron chi connectivity index (χ1n) is 7.27. The number of ether oxygens (including phenoxy) is 3. The van der Waals surface area contributed by atoms with E-state index in [-0.39, 0.29) is 30.0 Å². The van der Waals surface area contributed by atoms with Gasteiger partial charge in [-0.3, -0.25) is 0 Å². The molecule has 5 nitrogen and oxygen atoms in total. The molecule has 2 aliphatic heterocycles. The van der Waals surface area contributed by atoms with Gasteiger partial charge in [0.2, 0.25) is 0 Å². The molecule has 0 aliphatic carbocycles. The largest absolute Gasteiger partial charge is 0.408 e. The van der Waals surface area contributed by atoms with Crippen molar-refractivity contribution in [3.63, 3.8) is 0 Å². The summed E-state index contributed by atoms with van der Waals surface area (Å²) >= 11 is 0. The summed E-state index contributed by atoms with van der Waals surface area (Å²) < 4.78 is 23.8. The summed E-state index contributed by atoms with van der Waals surface area (Å²) in [6.07, 6.45) is -1.36. The van der Waals surface area contributed by atoms with E-state index in [2.05, 4.69) is 33.9 Å². The van der Waals surface area contributed by atoms with E-state index in [0.29, 0.717) is 0 Å². The minimum atomic E-state index is -1.96. The fourth-order valence-corrected chi connectivity index (χ4v) is 3.67. The Morgan fingerprint density at radius 1 is 1.20 bits per heavy atom. The monoisotopic (exact) mass is 304 g/mol. The molecular weight excluding hydrogens is 276 g/mol. The van der Waals surface area contributed by atoms with Crippen molar-refractivity contribution in [1.29, 1.82) is 0 Å². The summed E-state index contributed by atoms with van der Waals surface area (Å²) in [5, 5.41) is 9.62. The molecule has 2 saturated heterocycles. The van der Waals surface area contributed by atoms with Crippen molar-refractivity contribution in [2.75, 3.05) is 6.61 Å². The number of fused-ring (bicyclic) bond motifs is 1. The van der Waals surface area contributed by atoms with E-state index in [0.717, 1.165) is 0 Å². The van der Waals surface area contributed by atoms with E-state index in [1.165, 1.54) is 0 Å². The van der Waals surface area contributed by atoms with Crippen LogP contribution in [0.3, 0.4) is 0 Å². The van der Waals surface area contributed by atoms with Crippen LogP contribution in [-0.4, -0.2) is 50.4 Å². The predicted molar refractivity (Wildman–Crippen MR) is 77.9 cm³/mol. The van der Waals surface area contributed by atoms with Crippen LogP contribution in [0.2, 0.25) is 18.1 Å². The summed E-state index contributed by atoms with van der Waals surface area (Å²) in [6, 6.07) is 0. The molecule has 2 rings (SSSR count). The van der Waals surface area contributed by atoms with Crippen molar-refractivity contribution < 1.29 is 23.7 Å². The van der Waals surface area contributed by atoms with Crippen LogP contribution < -0.4 is 0 Å². The highest BCUT2D eigenvalue weighted by atomic mass is 28.4. The zero-order valence-corrected chi connectivity index (χ0v) is 14.6. The van der Waals surface area contributed by atoms with Crippen molar-refractivity contribution in [3.8, 4) is 0 Å². The van der Waals surface area contributed by atoms with Crippen LogP contribution in [0.1, 0.15) is 34.6 Å². The Bertz CT molecular complexity index is 363. The third kappa shape index (κ3) is 2.96. The molecule has 2 aliphatic rings. The van der Waals surface area contributed by atoms with Crippen LogP contribution in [-0.2, 0) is 18.6 Å². The second-order valence-electron chi connectivity index (χ2n) is 7.67. The molecule has 0 spiro atoms. The Hall–Kier alpha value is 0.0169. The molecule has 0 bridgehead atoms. The molecule has 0 amide bonds. The normalized spacial score (nSPS) is 37.2. The highest BCUT2D eigenvalue weighted by Crippen LogP contribution is 2.43. The van der Waals surface area contributed by atoms with Crippen molar-refractivity contribution in [3.05, 3.63) is 0 Å². The SMILES string of the molecule is CC1(C)O[C@H]2O[C@H](CO)[C@@H](O[Si](C)(C)C(C)(C)C)[C@H]2O1. The Labute approximate surface area is 122 Å². The maximum Gasteiger partial charge on any atom is 0.192 e. The number of rotatable bonds is 3. The van der Waals surface area contributed by atoms with Gasteiger partial charge in [0.25, 0.3) is 0 Å². The topological polar surface area (TPSA) is 57.2 Å². The zero-order valence-electron chi connectivity index (χ0n) is 13.6. The van der Waals surface area contributed by atoms with Crippen molar-refractivity contribution >= 4 is 8.32 Å². The first-order chi connectivity index (χ1) is 8.97. The van der Waals surface area contributed by atoms with E-state index in [1.807, 2.05) is 13.8 Å². The van der Waals surface area contributed by atoms with Gasteiger partial charge in [-0.15, -0.1) is 0 Å². The molecule has 0 saturated carbocycles. The summed E-state index contributed by atoms with van der Waals surface area (Å²) in [7, 11) is -1.96. The Kier molecular flexibility index (Phi) is 4.13. The van der Waals surface area contributed by atoms with Crippen molar-refractivity contribution in [2.24, 2.45) is 0 Å². The Morgan fingerprint density at radius 3 is 2.30 bits per heavy atom. The number of hydrogen-bond acceptors (Lipinski definition) is 5. The number of hydrogen-bond donors (Lipinski definition) is 1. The molecule has 0 aromatic rings. The van der Waals surface area contributed by atoms with Gasteiger partial charge >= 0.3 is 0 Å². The summed E-state index contributed by atoms with van der Waals surface area (Å²) in [4.78, 5) is 0. The average Bonchev–Trinajstić information content (AvgIpc) is 2.70. The lowest BCUT2D eigenvalue weighted by Crippen LogP contribution is -2.50. The van der Waals surface area contributed by atoms with Crippen molar-refractivity contribution in [2.45, 2.75) is 83.1 Å². The van der Waals surface area contributed by atoms with Gasteiger partial charge < -0.3 is 23.7 Å². The molecule has 6 heteroatoms. The minimum absolute atomic E-state index is 0.0839. The number of aliphatic hydroxyl groups excluding tert-OH is 1. The van der Waals surface area contributed by atoms with Gasteiger partial charge in [0, 0.05) is 0 Å². The second kappa shape index (κ2) is 5.03. The van der Waals surface area contributed by atoms with Gasteiger partial charge in [-0.05, 0) is 32.0 Å². The second-order valence-corrected chi connectivity index (χ2v) is 12.4. The van der Waals surface area contributed by atoms with Crippen LogP contribution in [0.5, 0.6) is 0 Å². The third-order valence-electron chi connectivity index (χ3n) is 4.50. The van der Waals surface area contributed by atoms with Gasteiger partial charge in [0.1, 0.15) is 18.3 Å². The first kappa shape index (κ1) is 16.4. The molecule has 2 fully saturated rings. The lowest BCUT2D eigenvalue weighted by molar-refractivity contribution is -0.217. The van der Waals surface area contributed by atoms with Gasteiger partial charge in [0.05, 0.1) is 6.61 Å². The molecule has 2 heterocycles. The first-order valence-corrected chi connectivity index (χ1v) is 10.2. The fraction of sp³-hybridized carbons (Fsp3) is 1.00. The van der Waals surface area contributed by atoms with E-state index in [4.69, 9.17) is 18.6 Å². The van der Waals surface area contributed by atoms with Crippen LogP contribution in [0.4, 0.5) is 0 Å². The van der Waals surface area contributed by atoms with Gasteiger partial charge in [-0.25, -0.2) is 0 Å². The van der Waals surface area contributed by atoms with Gasteiger partial charge in [-0.1, -0.05) is 20.8 Å². The molecule has 0 aromatic heterocycles. The summed E-state index contributed by atoms with van der Waals surface area (Å²) in [5.41, 5.74) is 0. The van der Waals surface area contributed by atoms with Crippen LogP contribution in [0.15, 0.2) is 0 Å². The molecule has 4 atom stereocenters. The summed E-state index contributed by atoms with van der Waals surface area (Å²) in [5.74, 6) is -0.662. The highest BCUT2D eigenvalue weighted by molar-refractivity contribution is 6.74. The van der Waals surface area contributed by atoms with E-state index in [9.17, 15) is 5.11 Å². The molecular formula is C14H28O5Si. The van der Waals surface area contributed by atoms with Crippen LogP contribution in [0.25, 0.3) is 0 Å². The minimum Gasteiger partial charge on any atom is -0.408 e. The molecule has 0 radical (unpaired) electrons. The zero-order chi connectivity index (χ0) is 15.3. The molecule has 1 N–H and O–H groups in total. The lowest BCUT2D eigenvalue weighted by atomic mass is 10.1. The van der Waals surface area contributed by atoms with E-state index in [1.54, 1.807) is 0 Å². The standard InChI is InChI=1S/C14H28O5Si/c1-13(2,3)20(6,7)19-10-9(8-15)16-12-11(10)17-14(4,5)18-12/h9-12,15H,8H2,1-7H3/t9-,10-,11-,12-/m1/s1. The lowest BCUT2D eigenvalue weighted by Gasteiger charge is -2.40. The maximum absolute atomic E-state index is 9.52. The predicted octanol–water partition coefficient (Wildman–Crippen LogP) is 2.25. The average molecular weight is 304 g/mol. The molecule has 20 heavy (non-hydrogen) atoms. The highest BCUT2D eigenvalue weighted by Gasteiger charge is 2.57. The third-order valence-corrected chi connectivity index (χ3v) is 8.98. The fourth-order valence-electron chi connectivity index (χ4n) is 2.35. The quantitative estimate of drug-likeness (QED) is 0.810. The van der Waals surface area contributed by atoms with E-state index >= 15 is 0 Å². The molecule has 118 valence electrons. The van der Waals surface area contributed by atoms with Crippen LogP contribution >= 0.6 is 0 Å². The Balaban J connectivity index is 2.16. The van der Waals surface area contributed by atoms with Gasteiger partial charge in [0.15, 0.2) is 20.4 Å². The Morgan fingerprint density at radius 2 is 1.80 bits per heavy atom. The number of aliphatic hydroxyl groups is 1. The molecule has 0 aromatic carbocycles. The smallest absolute Gasteiger partial charge is 0.192 e. The van der Waals surface area contributed by atoms with Gasteiger partial charge in [-0.2, -0.15) is 0 Å². The maximum atomic E-state index is 9.52. The summed E-state index contributed by atoms with van der Waals surface area (Å²) in [6.45, 7) is 14.6. The molecule has 0 unspecified atom stereocenters. The van der Waals surface area contributed by atoms with E-state index < -0.39 is 20.4 Å².